The number of hydrogen-bond acceptors (Lipinski definition) is 3. The van der Waals surface area contributed by atoms with Crippen molar-refractivity contribution in [3.8, 4) is 5.75 Å². The lowest BCUT2D eigenvalue weighted by Gasteiger charge is -2.28. The van der Waals surface area contributed by atoms with Gasteiger partial charge in [-0.25, -0.2) is 0 Å². The van der Waals surface area contributed by atoms with Gasteiger partial charge >= 0.3 is 0 Å². The lowest BCUT2D eigenvalue weighted by molar-refractivity contribution is -0.141. The van der Waals surface area contributed by atoms with Crippen molar-refractivity contribution in [2.24, 2.45) is 5.92 Å². The van der Waals surface area contributed by atoms with Crippen molar-refractivity contribution >= 4 is 22.4 Å². The largest absolute Gasteiger partial charge is 0.493 e. The molecule has 0 aliphatic heterocycles. The third-order valence-corrected chi connectivity index (χ3v) is 4.68. The topological polar surface area (TPSA) is 47.6 Å². The SMILES string of the molecule is CCOc1ccc(NC(=O)C(C)(OCC)C2CC2)c2ccccc12. The molecule has 1 atom stereocenters. The number of hydrogen-bond donors (Lipinski definition) is 1. The summed E-state index contributed by atoms with van der Waals surface area (Å²) in [5, 5.41) is 5.06. The normalized spacial score (nSPS) is 16.6. The van der Waals surface area contributed by atoms with Crippen LogP contribution in [0.4, 0.5) is 5.69 Å². The van der Waals surface area contributed by atoms with Gasteiger partial charge in [-0.3, -0.25) is 4.79 Å². The van der Waals surface area contributed by atoms with Gasteiger partial charge in [-0.15, -0.1) is 0 Å². The van der Waals surface area contributed by atoms with Gasteiger partial charge in [0.2, 0.25) is 0 Å². The molecule has 128 valence electrons. The first kappa shape index (κ1) is 16.8. The number of nitrogens with one attached hydrogen (secondary N) is 1. The Labute approximate surface area is 143 Å². The average molecular weight is 327 g/mol. The first-order valence-corrected chi connectivity index (χ1v) is 8.70. The molecule has 4 heteroatoms. The Morgan fingerprint density at radius 1 is 1.12 bits per heavy atom. The number of anilines is 1. The van der Waals surface area contributed by atoms with E-state index in [1.807, 2.05) is 57.2 Å². The Kier molecular flexibility index (Phi) is 4.76. The van der Waals surface area contributed by atoms with E-state index < -0.39 is 5.60 Å². The van der Waals surface area contributed by atoms with Crippen molar-refractivity contribution in [1.82, 2.24) is 0 Å². The highest BCUT2D eigenvalue weighted by atomic mass is 16.5. The van der Waals surface area contributed by atoms with E-state index in [1.165, 1.54) is 0 Å². The fraction of sp³-hybridized carbons (Fsp3) is 0.450. The molecule has 0 heterocycles. The Bertz CT molecular complexity index is 739. The molecule has 24 heavy (non-hydrogen) atoms. The number of carbonyl (C=O) groups excluding carboxylic acids is 1. The molecular formula is C20H25NO3. The molecule has 1 aliphatic rings. The van der Waals surface area contributed by atoms with Gasteiger partial charge in [0.05, 0.1) is 6.61 Å². The molecule has 1 unspecified atom stereocenters. The van der Waals surface area contributed by atoms with E-state index in [4.69, 9.17) is 9.47 Å². The summed E-state index contributed by atoms with van der Waals surface area (Å²) in [7, 11) is 0. The zero-order valence-electron chi connectivity index (χ0n) is 14.6. The number of fused-ring (bicyclic) bond motifs is 1. The molecule has 0 saturated heterocycles. The highest BCUT2D eigenvalue weighted by Crippen LogP contribution is 2.43. The zero-order valence-corrected chi connectivity index (χ0v) is 14.6. The van der Waals surface area contributed by atoms with E-state index in [2.05, 4.69) is 5.32 Å². The molecule has 1 N–H and O–H groups in total. The van der Waals surface area contributed by atoms with Gasteiger partial charge in [0.15, 0.2) is 0 Å². The van der Waals surface area contributed by atoms with E-state index in [0.29, 0.717) is 19.1 Å². The molecule has 2 aromatic rings. The maximum absolute atomic E-state index is 12.9. The summed E-state index contributed by atoms with van der Waals surface area (Å²) in [5.74, 6) is 1.08. The minimum absolute atomic E-state index is 0.0684. The molecule has 1 fully saturated rings. The molecule has 0 spiro atoms. The molecule has 4 nitrogen and oxygen atoms in total. The Morgan fingerprint density at radius 2 is 1.83 bits per heavy atom. The summed E-state index contributed by atoms with van der Waals surface area (Å²) >= 11 is 0. The predicted molar refractivity (Wildman–Crippen MR) is 96.5 cm³/mol. The van der Waals surface area contributed by atoms with Crippen molar-refractivity contribution in [2.75, 3.05) is 18.5 Å². The van der Waals surface area contributed by atoms with E-state index in [-0.39, 0.29) is 5.91 Å². The van der Waals surface area contributed by atoms with E-state index in [1.54, 1.807) is 0 Å². The molecule has 1 saturated carbocycles. The predicted octanol–water partition coefficient (Wildman–Crippen LogP) is 4.38. The Balaban J connectivity index is 1.92. The first-order chi connectivity index (χ1) is 11.6. The van der Waals surface area contributed by atoms with Crippen LogP contribution in [-0.2, 0) is 9.53 Å². The number of carbonyl (C=O) groups is 1. The van der Waals surface area contributed by atoms with Crippen LogP contribution < -0.4 is 10.1 Å². The molecule has 1 amide bonds. The van der Waals surface area contributed by atoms with Crippen molar-refractivity contribution in [3.05, 3.63) is 36.4 Å². The van der Waals surface area contributed by atoms with Gasteiger partial charge in [0.25, 0.3) is 5.91 Å². The second-order valence-electron chi connectivity index (χ2n) is 6.36. The van der Waals surface area contributed by atoms with Gasteiger partial charge in [-0.1, -0.05) is 24.3 Å². The third-order valence-electron chi connectivity index (χ3n) is 4.68. The second kappa shape index (κ2) is 6.81. The Morgan fingerprint density at radius 3 is 2.46 bits per heavy atom. The van der Waals surface area contributed by atoms with Crippen LogP contribution in [0.3, 0.4) is 0 Å². The van der Waals surface area contributed by atoms with Crippen molar-refractivity contribution in [3.63, 3.8) is 0 Å². The molecule has 0 bridgehead atoms. The van der Waals surface area contributed by atoms with Gasteiger partial charge < -0.3 is 14.8 Å². The Hall–Kier alpha value is -2.07. The minimum atomic E-state index is -0.756. The van der Waals surface area contributed by atoms with Crippen LogP contribution in [0.5, 0.6) is 5.75 Å². The van der Waals surface area contributed by atoms with Crippen LogP contribution >= 0.6 is 0 Å². The fourth-order valence-electron chi connectivity index (χ4n) is 3.21. The van der Waals surface area contributed by atoms with Crippen LogP contribution in [0.15, 0.2) is 36.4 Å². The monoisotopic (exact) mass is 327 g/mol. The third kappa shape index (κ3) is 3.11. The summed E-state index contributed by atoms with van der Waals surface area (Å²) in [5.41, 5.74) is 0.0414. The number of ether oxygens (including phenoxy) is 2. The molecular weight excluding hydrogens is 302 g/mol. The van der Waals surface area contributed by atoms with Crippen molar-refractivity contribution in [1.29, 1.82) is 0 Å². The standard InChI is InChI=1S/C20H25NO3/c1-4-23-18-13-12-17(15-8-6-7-9-16(15)18)21-19(22)20(3,24-5-2)14-10-11-14/h6-9,12-14H,4-5,10-11H2,1-3H3,(H,21,22). The van der Waals surface area contributed by atoms with Gasteiger partial charge in [0.1, 0.15) is 11.4 Å². The van der Waals surface area contributed by atoms with Crippen LogP contribution in [0.2, 0.25) is 0 Å². The maximum Gasteiger partial charge on any atom is 0.256 e. The molecule has 2 aromatic carbocycles. The summed E-state index contributed by atoms with van der Waals surface area (Å²) < 4.78 is 11.5. The summed E-state index contributed by atoms with van der Waals surface area (Å²) in [6.45, 7) is 6.94. The molecule has 1 aliphatic carbocycles. The van der Waals surface area contributed by atoms with Crippen molar-refractivity contribution in [2.45, 2.75) is 39.2 Å². The van der Waals surface area contributed by atoms with Crippen LogP contribution in [0.25, 0.3) is 10.8 Å². The fourth-order valence-corrected chi connectivity index (χ4v) is 3.21. The highest BCUT2D eigenvalue weighted by Gasteiger charge is 2.48. The number of amides is 1. The second-order valence-corrected chi connectivity index (χ2v) is 6.36. The van der Waals surface area contributed by atoms with Gasteiger partial charge in [-0.05, 0) is 51.7 Å². The van der Waals surface area contributed by atoms with Crippen LogP contribution in [-0.4, -0.2) is 24.7 Å². The van der Waals surface area contributed by atoms with E-state index in [0.717, 1.165) is 35.1 Å². The van der Waals surface area contributed by atoms with Crippen LogP contribution in [0, 0.1) is 5.92 Å². The van der Waals surface area contributed by atoms with E-state index in [9.17, 15) is 4.79 Å². The summed E-state index contributed by atoms with van der Waals surface area (Å²) in [6.07, 6.45) is 2.10. The molecule has 0 radical (unpaired) electrons. The molecule has 3 rings (SSSR count). The lowest BCUT2D eigenvalue weighted by atomic mass is 9.98. The maximum atomic E-state index is 12.9. The summed E-state index contributed by atoms with van der Waals surface area (Å²) in [6, 6.07) is 11.8. The van der Waals surface area contributed by atoms with Crippen molar-refractivity contribution < 1.29 is 14.3 Å². The minimum Gasteiger partial charge on any atom is -0.493 e. The quantitative estimate of drug-likeness (QED) is 0.821. The lowest BCUT2D eigenvalue weighted by Crippen LogP contribution is -2.44. The zero-order chi connectivity index (χ0) is 17.2. The number of rotatable bonds is 7. The van der Waals surface area contributed by atoms with Gasteiger partial charge in [0, 0.05) is 23.1 Å². The average Bonchev–Trinajstić information content (AvgIpc) is 3.42. The first-order valence-electron chi connectivity index (χ1n) is 8.70. The summed E-state index contributed by atoms with van der Waals surface area (Å²) in [4.78, 5) is 12.9. The smallest absolute Gasteiger partial charge is 0.256 e. The molecule has 0 aromatic heterocycles. The highest BCUT2D eigenvalue weighted by molar-refractivity contribution is 6.06. The van der Waals surface area contributed by atoms with Crippen LogP contribution in [0.1, 0.15) is 33.6 Å². The van der Waals surface area contributed by atoms with E-state index >= 15 is 0 Å². The van der Waals surface area contributed by atoms with Gasteiger partial charge in [-0.2, -0.15) is 0 Å². The number of benzene rings is 2.